The number of carbonyl (C=O) groups is 1. The Morgan fingerprint density at radius 1 is 1.29 bits per heavy atom. The van der Waals surface area contributed by atoms with E-state index in [2.05, 4.69) is 35.3 Å². The zero-order valence-corrected chi connectivity index (χ0v) is 17.9. The van der Waals surface area contributed by atoms with Gasteiger partial charge < -0.3 is 9.84 Å². The van der Waals surface area contributed by atoms with Gasteiger partial charge >= 0.3 is 0 Å². The molecule has 1 saturated heterocycles. The number of amides is 1. The van der Waals surface area contributed by atoms with Crippen LogP contribution in [0.3, 0.4) is 0 Å². The number of benzene rings is 1. The van der Waals surface area contributed by atoms with Crippen molar-refractivity contribution in [1.82, 2.24) is 15.4 Å². The van der Waals surface area contributed by atoms with Crippen molar-refractivity contribution in [3.05, 3.63) is 51.2 Å². The number of aryl methyl sites for hydroxylation is 1. The van der Waals surface area contributed by atoms with Gasteiger partial charge in [0.25, 0.3) is 5.91 Å². The topological polar surface area (TPSA) is 58.4 Å². The molecule has 150 valence electrons. The molecule has 0 radical (unpaired) electrons. The van der Waals surface area contributed by atoms with Crippen LogP contribution >= 0.6 is 23.2 Å². The highest BCUT2D eigenvalue weighted by Gasteiger charge is 2.27. The van der Waals surface area contributed by atoms with Gasteiger partial charge in [0, 0.05) is 31.2 Å². The minimum atomic E-state index is -0.201. The van der Waals surface area contributed by atoms with Crippen molar-refractivity contribution in [3.8, 4) is 11.3 Å². The van der Waals surface area contributed by atoms with Gasteiger partial charge in [0.05, 0.1) is 10.0 Å². The summed E-state index contributed by atoms with van der Waals surface area (Å²) >= 11 is 12.6. The molecule has 1 fully saturated rings. The lowest BCUT2D eigenvalue weighted by molar-refractivity contribution is 0.0913. The van der Waals surface area contributed by atoms with Gasteiger partial charge in [-0.15, -0.1) is 0 Å². The summed E-state index contributed by atoms with van der Waals surface area (Å²) in [5, 5.41) is 8.05. The molecule has 1 aromatic carbocycles. The average Bonchev–Trinajstić information content (AvgIpc) is 3.02. The Balaban J connectivity index is 1.71. The molecule has 1 aliphatic heterocycles. The lowest BCUT2D eigenvalue weighted by atomic mass is 10.0. The number of aromatic nitrogens is 1. The number of nitrogens with one attached hydrogen (secondary N) is 1. The molecule has 3 rings (SSSR count). The summed E-state index contributed by atoms with van der Waals surface area (Å²) in [5.41, 5.74) is 2.61. The van der Waals surface area contributed by atoms with Gasteiger partial charge in [-0.2, -0.15) is 0 Å². The maximum atomic E-state index is 13.0. The summed E-state index contributed by atoms with van der Waals surface area (Å²) in [6, 6.07) is 5.32. The van der Waals surface area contributed by atoms with Gasteiger partial charge in [0.15, 0.2) is 0 Å². The highest BCUT2D eigenvalue weighted by Crippen LogP contribution is 2.36. The molecule has 0 aliphatic carbocycles. The Labute approximate surface area is 175 Å². The van der Waals surface area contributed by atoms with Gasteiger partial charge in [-0.3, -0.25) is 9.69 Å². The summed E-state index contributed by atoms with van der Waals surface area (Å²) in [7, 11) is 0. The molecule has 0 spiro atoms. The Kier molecular flexibility index (Phi) is 6.81. The minimum absolute atomic E-state index is 0.124. The van der Waals surface area contributed by atoms with Crippen LogP contribution < -0.4 is 5.32 Å². The number of halogens is 2. The van der Waals surface area contributed by atoms with E-state index in [9.17, 15) is 4.79 Å². The molecule has 1 N–H and O–H groups in total. The second kappa shape index (κ2) is 9.12. The zero-order valence-electron chi connectivity index (χ0n) is 16.4. The Morgan fingerprint density at radius 3 is 2.54 bits per heavy atom. The highest BCUT2D eigenvalue weighted by atomic mass is 35.5. The zero-order chi connectivity index (χ0) is 20.3. The Morgan fingerprint density at radius 2 is 1.93 bits per heavy atom. The molecule has 2 heterocycles. The van der Waals surface area contributed by atoms with Crippen molar-refractivity contribution in [2.24, 2.45) is 0 Å². The van der Waals surface area contributed by atoms with E-state index in [1.807, 2.05) is 0 Å². The van der Waals surface area contributed by atoms with E-state index in [-0.39, 0.29) is 11.9 Å². The number of hydrogen-bond acceptors (Lipinski definition) is 4. The highest BCUT2D eigenvalue weighted by molar-refractivity contribution is 6.39. The predicted octanol–water partition coefficient (Wildman–Crippen LogP) is 5.12. The van der Waals surface area contributed by atoms with Crippen molar-refractivity contribution in [2.45, 2.75) is 39.7 Å². The molecule has 0 atom stereocenters. The van der Waals surface area contributed by atoms with Crippen LogP contribution in [0, 0.1) is 6.92 Å². The first-order valence-electron chi connectivity index (χ1n) is 9.44. The summed E-state index contributed by atoms with van der Waals surface area (Å²) < 4.78 is 5.30. The number of allylic oxidation sites excluding steroid dienone is 1. The van der Waals surface area contributed by atoms with Crippen LogP contribution in [0.1, 0.15) is 42.8 Å². The fraction of sp³-hybridized carbons (Fsp3) is 0.429. The molecule has 0 unspecified atom stereocenters. The van der Waals surface area contributed by atoms with Crippen LogP contribution in [0.2, 0.25) is 10.0 Å². The largest absolute Gasteiger partial charge is 0.360 e. The van der Waals surface area contributed by atoms with Crippen LogP contribution in [0.5, 0.6) is 0 Å². The third kappa shape index (κ3) is 4.77. The van der Waals surface area contributed by atoms with Crippen molar-refractivity contribution >= 4 is 29.1 Å². The Hall–Kier alpha value is -1.82. The molecule has 7 heteroatoms. The number of nitrogens with zero attached hydrogens (tertiary/aromatic N) is 2. The molecule has 2 aromatic rings. The molecular formula is C21H25Cl2N3O2. The molecule has 28 heavy (non-hydrogen) atoms. The van der Waals surface area contributed by atoms with E-state index in [1.165, 1.54) is 5.57 Å². The third-order valence-corrected chi connectivity index (χ3v) is 5.60. The van der Waals surface area contributed by atoms with Crippen LogP contribution in [0.25, 0.3) is 11.3 Å². The number of piperidine rings is 1. The van der Waals surface area contributed by atoms with Gasteiger partial charge in [-0.05, 0) is 45.7 Å². The van der Waals surface area contributed by atoms with E-state index >= 15 is 0 Å². The fourth-order valence-corrected chi connectivity index (χ4v) is 3.94. The van der Waals surface area contributed by atoms with Gasteiger partial charge in [0.2, 0.25) is 0 Å². The van der Waals surface area contributed by atoms with Crippen molar-refractivity contribution in [2.75, 3.05) is 19.6 Å². The number of likely N-dealkylation sites (tertiary alicyclic amines) is 1. The first-order chi connectivity index (χ1) is 13.4. The van der Waals surface area contributed by atoms with Gasteiger partial charge in [-0.25, -0.2) is 0 Å². The number of rotatable bonds is 5. The lowest BCUT2D eigenvalue weighted by Gasteiger charge is -2.31. The Bertz CT molecular complexity index is 860. The molecule has 0 saturated carbocycles. The molecule has 1 aromatic heterocycles. The fourth-order valence-electron chi connectivity index (χ4n) is 3.36. The SMILES string of the molecule is CC(C)=CCN1CCC(NC(=O)c2c(-c3c(Cl)cccc3Cl)noc2C)CC1. The maximum absolute atomic E-state index is 13.0. The molecular weight excluding hydrogens is 397 g/mol. The summed E-state index contributed by atoms with van der Waals surface area (Å²) in [4.78, 5) is 15.4. The van der Waals surface area contributed by atoms with Crippen molar-refractivity contribution in [3.63, 3.8) is 0 Å². The van der Waals surface area contributed by atoms with E-state index in [1.54, 1.807) is 25.1 Å². The van der Waals surface area contributed by atoms with E-state index in [4.69, 9.17) is 27.7 Å². The van der Waals surface area contributed by atoms with E-state index in [0.717, 1.165) is 32.5 Å². The smallest absolute Gasteiger partial charge is 0.257 e. The molecule has 5 nitrogen and oxygen atoms in total. The van der Waals surface area contributed by atoms with Crippen LogP contribution in [0.15, 0.2) is 34.4 Å². The molecule has 0 bridgehead atoms. The summed E-state index contributed by atoms with van der Waals surface area (Å²) in [6.45, 7) is 8.82. The van der Waals surface area contributed by atoms with Crippen molar-refractivity contribution in [1.29, 1.82) is 0 Å². The quantitative estimate of drug-likeness (QED) is 0.680. The monoisotopic (exact) mass is 421 g/mol. The van der Waals surface area contributed by atoms with E-state index in [0.29, 0.717) is 32.6 Å². The molecule has 1 aliphatic rings. The summed E-state index contributed by atoms with van der Waals surface area (Å²) in [5.74, 6) is 0.247. The standard InChI is InChI=1S/C21H25Cl2N3O2/c1-13(2)7-10-26-11-8-15(9-12-26)24-21(27)18-14(3)28-25-20(18)19-16(22)5-4-6-17(19)23/h4-7,15H,8-12H2,1-3H3,(H,24,27). The first-order valence-corrected chi connectivity index (χ1v) is 10.2. The third-order valence-electron chi connectivity index (χ3n) is 4.97. The number of carbonyl (C=O) groups excluding carboxylic acids is 1. The summed E-state index contributed by atoms with van der Waals surface area (Å²) in [6.07, 6.45) is 4.06. The lowest BCUT2D eigenvalue weighted by Crippen LogP contribution is -2.44. The van der Waals surface area contributed by atoms with Crippen molar-refractivity contribution < 1.29 is 9.32 Å². The van der Waals surface area contributed by atoms with E-state index < -0.39 is 0 Å². The predicted molar refractivity (Wildman–Crippen MR) is 113 cm³/mol. The second-order valence-electron chi connectivity index (χ2n) is 7.39. The maximum Gasteiger partial charge on any atom is 0.257 e. The van der Waals surface area contributed by atoms with Gasteiger partial charge in [0.1, 0.15) is 17.0 Å². The normalized spacial score (nSPS) is 15.5. The second-order valence-corrected chi connectivity index (χ2v) is 8.20. The van der Waals surface area contributed by atoms with Crippen LogP contribution in [0.4, 0.5) is 0 Å². The van der Waals surface area contributed by atoms with Gasteiger partial charge in [-0.1, -0.05) is 46.1 Å². The van der Waals surface area contributed by atoms with Crippen LogP contribution in [-0.4, -0.2) is 41.6 Å². The molecule has 1 amide bonds. The average molecular weight is 422 g/mol. The van der Waals surface area contributed by atoms with Crippen LogP contribution in [-0.2, 0) is 0 Å². The first kappa shape index (κ1) is 20.9. The number of hydrogen-bond donors (Lipinski definition) is 1. The minimum Gasteiger partial charge on any atom is -0.360 e.